The van der Waals surface area contributed by atoms with E-state index in [9.17, 15) is 9.50 Å². The van der Waals surface area contributed by atoms with Crippen LogP contribution in [0.1, 0.15) is 18.6 Å². The first kappa shape index (κ1) is 11.5. The molecule has 1 rings (SSSR count). The largest absolute Gasteiger partial charge is 0.387 e. The van der Waals surface area contributed by atoms with Gasteiger partial charge in [-0.25, -0.2) is 4.39 Å². The van der Waals surface area contributed by atoms with Gasteiger partial charge in [0, 0.05) is 16.5 Å². The average Bonchev–Trinajstić information content (AvgIpc) is 2.16. The highest BCUT2D eigenvalue weighted by Gasteiger charge is 2.16. The predicted octanol–water partition coefficient (Wildman–Crippen LogP) is 1.93. The Kier molecular flexibility index (Phi) is 3.92. The summed E-state index contributed by atoms with van der Waals surface area (Å²) in [5.41, 5.74) is 5.75. The molecule has 0 saturated heterocycles. The highest BCUT2D eigenvalue weighted by Crippen LogP contribution is 2.23. The van der Waals surface area contributed by atoms with E-state index in [1.165, 1.54) is 17.8 Å². The van der Waals surface area contributed by atoms with Gasteiger partial charge in [-0.3, -0.25) is 0 Å². The van der Waals surface area contributed by atoms with Crippen molar-refractivity contribution < 1.29 is 9.50 Å². The van der Waals surface area contributed by atoms with Crippen LogP contribution in [-0.2, 0) is 0 Å². The fourth-order valence-corrected chi connectivity index (χ4v) is 1.58. The lowest BCUT2D eigenvalue weighted by Crippen LogP contribution is -2.25. The van der Waals surface area contributed by atoms with Gasteiger partial charge >= 0.3 is 0 Å². The first-order valence-electron chi connectivity index (χ1n) is 4.33. The number of nitrogens with two attached hydrogens (primary N) is 1. The van der Waals surface area contributed by atoms with Crippen molar-refractivity contribution in [3.63, 3.8) is 0 Å². The van der Waals surface area contributed by atoms with Crippen LogP contribution in [0.4, 0.5) is 4.39 Å². The summed E-state index contributed by atoms with van der Waals surface area (Å²) >= 11 is 1.46. The summed E-state index contributed by atoms with van der Waals surface area (Å²) < 4.78 is 13.4. The quantitative estimate of drug-likeness (QED) is 0.757. The molecule has 0 radical (unpaired) electrons. The molecule has 0 aliphatic rings. The second kappa shape index (κ2) is 4.77. The molecular weight excluding hydrogens is 201 g/mol. The standard InChI is InChI=1S/C10H14FNOS/c1-6(12)10(13)8-4-3-7(14-2)5-9(8)11/h3-6,10,13H,12H2,1-2H3. The first-order valence-corrected chi connectivity index (χ1v) is 5.56. The highest BCUT2D eigenvalue weighted by molar-refractivity contribution is 7.98. The molecule has 0 aliphatic carbocycles. The Bertz CT molecular complexity index is 317. The lowest BCUT2D eigenvalue weighted by molar-refractivity contribution is 0.149. The molecule has 0 amide bonds. The van der Waals surface area contributed by atoms with Crippen LogP contribution < -0.4 is 5.73 Å². The molecule has 78 valence electrons. The van der Waals surface area contributed by atoms with E-state index < -0.39 is 18.0 Å². The van der Waals surface area contributed by atoms with Crippen LogP contribution in [0.25, 0.3) is 0 Å². The van der Waals surface area contributed by atoms with Gasteiger partial charge in [0.2, 0.25) is 0 Å². The van der Waals surface area contributed by atoms with Gasteiger partial charge in [-0.05, 0) is 25.3 Å². The third kappa shape index (κ3) is 2.47. The molecule has 14 heavy (non-hydrogen) atoms. The number of hydrogen-bond acceptors (Lipinski definition) is 3. The van der Waals surface area contributed by atoms with Gasteiger partial charge in [0.15, 0.2) is 0 Å². The number of halogens is 1. The molecule has 1 aromatic rings. The third-order valence-electron chi connectivity index (χ3n) is 2.02. The van der Waals surface area contributed by atoms with Crippen LogP contribution in [-0.4, -0.2) is 17.4 Å². The lowest BCUT2D eigenvalue weighted by atomic mass is 10.0. The number of rotatable bonds is 3. The van der Waals surface area contributed by atoms with Gasteiger partial charge in [0.1, 0.15) is 5.82 Å². The molecule has 0 bridgehead atoms. The van der Waals surface area contributed by atoms with Crippen molar-refractivity contribution in [1.82, 2.24) is 0 Å². The number of hydrogen-bond donors (Lipinski definition) is 2. The number of benzene rings is 1. The highest BCUT2D eigenvalue weighted by atomic mass is 32.2. The second-order valence-electron chi connectivity index (χ2n) is 3.19. The van der Waals surface area contributed by atoms with Crippen LogP contribution in [0.15, 0.2) is 23.1 Å². The molecule has 0 aliphatic heterocycles. The van der Waals surface area contributed by atoms with E-state index in [-0.39, 0.29) is 5.56 Å². The minimum Gasteiger partial charge on any atom is -0.387 e. The Hall–Kier alpha value is -0.580. The maximum atomic E-state index is 13.4. The molecule has 4 heteroatoms. The zero-order valence-electron chi connectivity index (χ0n) is 8.20. The van der Waals surface area contributed by atoms with Crippen LogP contribution in [0.2, 0.25) is 0 Å². The number of aliphatic hydroxyl groups is 1. The summed E-state index contributed by atoms with van der Waals surface area (Å²) in [6.07, 6.45) is 0.932. The SMILES string of the molecule is CSc1ccc(C(O)C(C)N)c(F)c1. The monoisotopic (exact) mass is 215 g/mol. The fourth-order valence-electron chi connectivity index (χ4n) is 1.16. The fraction of sp³-hybridized carbons (Fsp3) is 0.400. The molecular formula is C10H14FNOS. The first-order chi connectivity index (χ1) is 6.56. The summed E-state index contributed by atoms with van der Waals surface area (Å²) in [5, 5.41) is 9.57. The summed E-state index contributed by atoms with van der Waals surface area (Å²) in [4.78, 5) is 0.836. The average molecular weight is 215 g/mol. The minimum absolute atomic E-state index is 0.262. The molecule has 0 aromatic heterocycles. The molecule has 0 heterocycles. The lowest BCUT2D eigenvalue weighted by Gasteiger charge is -2.15. The van der Waals surface area contributed by atoms with Gasteiger partial charge in [-0.15, -0.1) is 11.8 Å². The molecule has 0 saturated carbocycles. The summed E-state index contributed by atoms with van der Waals surface area (Å²) in [6.45, 7) is 1.65. The molecule has 0 spiro atoms. The molecule has 1 aromatic carbocycles. The van der Waals surface area contributed by atoms with Crippen LogP contribution >= 0.6 is 11.8 Å². The van der Waals surface area contributed by atoms with E-state index in [1.807, 2.05) is 6.26 Å². The topological polar surface area (TPSA) is 46.2 Å². The molecule has 3 N–H and O–H groups in total. The Morgan fingerprint density at radius 3 is 2.57 bits per heavy atom. The predicted molar refractivity (Wildman–Crippen MR) is 56.8 cm³/mol. The maximum Gasteiger partial charge on any atom is 0.130 e. The van der Waals surface area contributed by atoms with E-state index in [4.69, 9.17) is 5.73 Å². The summed E-state index contributed by atoms with van der Waals surface area (Å²) in [5.74, 6) is -0.401. The Morgan fingerprint density at radius 1 is 1.50 bits per heavy atom. The van der Waals surface area contributed by atoms with Crippen LogP contribution in [0, 0.1) is 5.82 Å². The van der Waals surface area contributed by atoms with Gasteiger partial charge in [0.25, 0.3) is 0 Å². The summed E-state index contributed by atoms with van der Waals surface area (Å²) in [6, 6.07) is 4.29. The van der Waals surface area contributed by atoms with E-state index in [0.29, 0.717) is 0 Å². The molecule has 2 unspecified atom stereocenters. The second-order valence-corrected chi connectivity index (χ2v) is 4.07. The number of thioether (sulfide) groups is 1. The summed E-state index contributed by atoms with van der Waals surface area (Å²) in [7, 11) is 0. The Balaban J connectivity index is 2.99. The van der Waals surface area contributed by atoms with Gasteiger partial charge < -0.3 is 10.8 Å². The Labute approximate surface area is 87.3 Å². The molecule has 2 atom stereocenters. The van der Waals surface area contributed by atoms with Crippen molar-refractivity contribution >= 4 is 11.8 Å². The van der Waals surface area contributed by atoms with E-state index >= 15 is 0 Å². The van der Waals surface area contributed by atoms with Crippen molar-refractivity contribution in [2.24, 2.45) is 5.73 Å². The van der Waals surface area contributed by atoms with Crippen molar-refractivity contribution in [2.75, 3.05) is 6.26 Å². The van der Waals surface area contributed by atoms with Crippen LogP contribution in [0.5, 0.6) is 0 Å². The minimum atomic E-state index is -0.939. The normalized spacial score (nSPS) is 15.2. The zero-order chi connectivity index (χ0) is 10.7. The van der Waals surface area contributed by atoms with Gasteiger partial charge in [0.05, 0.1) is 6.10 Å². The number of aliphatic hydroxyl groups excluding tert-OH is 1. The maximum absolute atomic E-state index is 13.4. The van der Waals surface area contributed by atoms with Crippen molar-refractivity contribution in [1.29, 1.82) is 0 Å². The van der Waals surface area contributed by atoms with Crippen molar-refractivity contribution in [2.45, 2.75) is 24.0 Å². The smallest absolute Gasteiger partial charge is 0.130 e. The van der Waals surface area contributed by atoms with Crippen LogP contribution in [0.3, 0.4) is 0 Å². The van der Waals surface area contributed by atoms with E-state index in [2.05, 4.69) is 0 Å². The Morgan fingerprint density at radius 2 is 2.14 bits per heavy atom. The van der Waals surface area contributed by atoms with Crippen molar-refractivity contribution in [3.05, 3.63) is 29.6 Å². The zero-order valence-corrected chi connectivity index (χ0v) is 9.01. The van der Waals surface area contributed by atoms with Crippen molar-refractivity contribution in [3.8, 4) is 0 Å². The molecule has 0 fully saturated rings. The van der Waals surface area contributed by atoms with Gasteiger partial charge in [-0.1, -0.05) is 6.07 Å². The van der Waals surface area contributed by atoms with E-state index in [1.54, 1.807) is 19.1 Å². The molecule has 2 nitrogen and oxygen atoms in total. The van der Waals surface area contributed by atoms with Gasteiger partial charge in [-0.2, -0.15) is 0 Å². The van der Waals surface area contributed by atoms with E-state index in [0.717, 1.165) is 4.90 Å². The third-order valence-corrected chi connectivity index (χ3v) is 2.75.